The van der Waals surface area contributed by atoms with E-state index in [0.29, 0.717) is 0 Å². The quantitative estimate of drug-likeness (QED) is 0.581. The van der Waals surface area contributed by atoms with Crippen LogP contribution < -0.4 is 0 Å². The molecule has 76 valence electrons. The number of phenolic OH excluding ortho intramolecular Hbond substituents is 1. The first kappa shape index (κ1) is 10.5. The summed E-state index contributed by atoms with van der Waals surface area (Å²) in [6.45, 7) is 0. The summed E-state index contributed by atoms with van der Waals surface area (Å²) in [5.41, 5.74) is -0.782. The highest BCUT2D eigenvalue weighted by Crippen LogP contribution is 2.32. The normalized spacial score (nSPS) is 11.2. The zero-order valence-electron chi connectivity index (χ0n) is 7.17. The SMILES string of the molecule is CS(=O)(=O)c1cccc(O)c1[N+](=O)[O-]. The maximum absolute atomic E-state index is 11.1. The van der Waals surface area contributed by atoms with Gasteiger partial charge in [-0.1, -0.05) is 6.07 Å². The Balaban J connectivity index is 3.61. The highest BCUT2D eigenvalue weighted by molar-refractivity contribution is 7.90. The van der Waals surface area contributed by atoms with Crippen molar-refractivity contribution >= 4 is 15.5 Å². The maximum Gasteiger partial charge on any atom is 0.329 e. The minimum atomic E-state index is -3.70. The van der Waals surface area contributed by atoms with E-state index in [1.54, 1.807) is 0 Å². The lowest BCUT2D eigenvalue weighted by Crippen LogP contribution is -2.02. The minimum absolute atomic E-state index is 0.484. The summed E-state index contributed by atoms with van der Waals surface area (Å²) in [5, 5.41) is 19.6. The van der Waals surface area contributed by atoms with Gasteiger partial charge in [0.15, 0.2) is 15.6 Å². The van der Waals surface area contributed by atoms with Gasteiger partial charge in [0.2, 0.25) is 0 Å². The number of nitro benzene ring substituents is 1. The lowest BCUT2D eigenvalue weighted by atomic mass is 10.3. The standard InChI is InChI=1S/C7H7NO5S/c1-14(12,13)6-4-2-3-5(9)7(6)8(10)11/h2-4,9H,1H3. The van der Waals surface area contributed by atoms with E-state index in [1.807, 2.05) is 0 Å². The molecule has 0 fully saturated rings. The van der Waals surface area contributed by atoms with Crippen molar-refractivity contribution < 1.29 is 18.4 Å². The first-order chi connectivity index (χ1) is 6.34. The molecule has 1 N–H and O–H groups in total. The topological polar surface area (TPSA) is 97.5 Å². The van der Waals surface area contributed by atoms with Gasteiger partial charge in [-0.25, -0.2) is 8.42 Å². The fourth-order valence-electron chi connectivity index (χ4n) is 0.993. The summed E-state index contributed by atoms with van der Waals surface area (Å²) >= 11 is 0. The van der Waals surface area contributed by atoms with Crippen LogP contribution in [0.2, 0.25) is 0 Å². The molecule has 0 aliphatic heterocycles. The molecule has 1 aromatic rings. The number of aromatic hydroxyl groups is 1. The Kier molecular flexibility index (Phi) is 2.43. The second-order valence-electron chi connectivity index (χ2n) is 2.65. The van der Waals surface area contributed by atoms with Gasteiger partial charge in [0.25, 0.3) is 0 Å². The molecule has 7 heteroatoms. The Morgan fingerprint density at radius 3 is 2.36 bits per heavy atom. The van der Waals surface area contributed by atoms with Gasteiger partial charge in [0.05, 0.1) is 4.92 Å². The van der Waals surface area contributed by atoms with Gasteiger partial charge in [-0.05, 0) is 12.1 Å². The Bertz CT molecular complexity index is 479. The van der Waals surface area contributed by atoms with E-state index in [0.717, 1.165) is 18.4 Å². The fourth-order valence-corrected chi connectivity index (χ4v) is 1.85. The molecule has 1 aromatic carbocycles. The Hall–Kier alpha value is -1.63. The van der Waals surface area contributed by atoms with Crippen LogP contribution in [0.15, 0.2) is 23.1 Å². The van der Waals surface area contributed by atoms with Gasteiger partial charge in [0, 0.05) is 6.26 Å². The third kappa shape index (κ3) is 1.82. The summed E-state index contributed by atoms with van der Waals surface area (Å²) in [5.74, 6) is -0.655. The summed E-state index contributed by atoms with van der Waals surface area (Å²) in [7, 11) is -3.70. The molecular formula is C7H7NO5S. The zero-order valence-corrected chi connectivity index (χ0v) is 7.98. The van der Waals surface area contributed by atoms with Crippen LogP contribution in [0.4, 0.5) is 5.69 Å². The van der Waals surface area contributed by atoms with E-state index < -0.39 is 31.1 Å². The number of hydrogen-bond donors (Lipinski definition) is 1. The van der Waals surface area contributed by atoms with E-state index in [2.05, 4.69) is 0 Å². The predicted molar refractivity (Wildman–Crippen MR) is 47.9 cm³/mol. The first-order valence-electron chi connectivity index (χ1n) is 3.50. The number of sulfone groups is 1. The Labute approximate surface area is 79.9 Å². The van der Waals surface area contributed by atoms with Crippen molar-refractivity contribution in [3.05, 3.63) is 28.3 Å². The molecule has 0 unspecified atom stereocenters. The molecule has 0 aromatic heterocycles. The van der Waals surface area contributed by atoms with E-state index in [9.17, 15) is 18.5 Å². The van der Waals surface area contributed by atoms with E-state index in [1.165, 1.54) is 6.07 Å². The lowest BCUT2D eigenvalue weighted by molar-refractivity contribution is -0.388. The van der Waals surface area contributed by atoms with Gasteiger partial charge in [-0.3, -0.25) is 10.1 Å². The molecule has 0 saturated carbocycles. The summed E-state index contributed by atoms with van der Waals surface area (Å²) in [6.07, 6.45) is 0.842. The second kappa shape index (κ2) is 3.26. The van der Waals surface area contributed by atoms with Crippen molar-refractivity contribution in [1.29, 1.82) is 0 Å². The van der Waals surface area contributed by atoms with Gasteiger partial charge in [-0.2, -0.15) is 0 Å². The number of benzene rings is 1. The van der Waals surface area contributed by atoms with Gasteiger partial charge in [0.1, 0.15) is 4.90 Å². The van der Waals surface area contributed by atoms with Crippen LogP contribution in [-0.4, -0.2) is 24.7 Å². The molecule has 1 rings (SSSR count). The number of rotatable bonds is 2. The molecule has 0 bridgehead atoms. The summed E-state index contributed by atoms with van der Waals surface area (Å²) in [4.78, 5) is 9.06. The number of para-hydroxylation sites is 1. The molecular weight excluding hydrogens is 210 g/mol. The van der Waals surface area contributed by atoms with Crippen LogP contribution in [0, 0.1) is 10.1 Å². The largest absolute Gasteiger partial charge is 0.502 e. The van der Waals surface area contributed by atoms with Crippen LogP contribution in [0.5, 0.6) is 5.75 Å². The lowest BCUT2D eigenvalue weighted by Gasteiger charge is -2.01. The predicted octanol–water partition coefficient (Wildman–Crippen LogP) is 0.704. The van der Waals surface area contributed by atoms with E-state index >= 15 is 0 Å². The molecule has 0 heterocycles. The van der Waals surface area contributed by atoms with Crippen LogP contribution in [0.25, 0.3) is 0 Å². The van der Waals surface area contributed by atoms with Crippen molar-refractivity contribution in [2.45, 2.75) is 4.90 Å². The first-order valence-corrected chi connectivity index (χ1v) is 5.39. The molecule has 0 aliphatic rings. The number of phenols is 1. The van der Waals surface area contributed by atoms with Gasteiger partial charge >= 0.3 is 5.69 Å². The minimum Gasteiger partial charge on any atom is -0.502 e. The average molecular weight is 217 g/mol. The third-order valence-corrected chi connectivity index (χ3v) is 2.69. The Morgan fingerprint density at radius 2 is 2.00 bits per heavy atom. The maximum atomic E-state index is 11.1. The molecule has 0 amide bonds. The summed E-state index contributed by atoms with van der Waals surface area (Å²) < 4.78 is 22.2. The molecule has 0 spiro atoms. The number of hydrogen-bond acceptors (Lipinski definition) is 5. The highest BCUT2D eigenvalue weighted by Gasteiger charge is 2.25. The van der Waals surface area contributed by atoms with Gasteiger partial charge in [-0.15, -0.1) is 0 Å². The van der Waals surface area contributed by atoms with Gasteiger partial charge < -0.3 is 5.11 Å². The highest BCUT2D eigenvalue weighted by atomic mass is 32.2. The molecule has 0 radical (unpaired) electrons. The average Bonchev–Trinajstić information content (AvgIpc) is 2.01. The van der Waals surface area contributed by atoms with Crippen LogP contribution in [0.3, 0.4) is 0 Å². The number of nitrogens with zero attached hydrogens (tertiary/aromatic N) is 1. The fraction of sp³-hybridized carbons (Fsp3) is 0.143. The van der Waals surface area contributed by atoms with Crippen molar-refractivity contribution in [3.63, 3.8) is 0 Å². The molecule has 0 atom stereocenters. The van der Waals surface area contributed by atoms with Crippen molar-refractivity contribution in [2.24, 2.45) is 0 Å². The molecule has 0 saturated heterocycles. The third-order valence-electron chi connectivity index (χ3n) is 1.56. The van der Waals surface area contributed by atoms with E-state index in [4.69, 9.17) is 5.11 Å². The van der Waals surface area contributed by atoms with E-state index in [-0.39, 0.29) is 0 Å². The summed E-state index contributed by atoms with van der Waals surface area (Å²) in [6, 6.07) is 3.37. The van der Waals surface area contributed by atoms with Crippen LogP contribution >= 0.6 is 0 Å². The van der Waals surface area contributed by atoms with Crippen molar-refractivity contribution in [2.75, 3.05) is 6.26 Å². The van der Waals surface area contributed by atoms with Crippen LogP contribution in [-0.2, 0) is 9.84 Å². The zero-order chi connectivity index (χ0) is 10.9. The molecule has 0 aliphatic carbocycles. The molecule has 6 nitrogen and oxygen atoms in total. The van der Waals surface area contributed by atoms with Crippen LogP contribution in [0.1, 0.15) is 0 Å². The van der Waals surface area contributed by atoms with Crippen molar-refractivity contribution in [3.8, 4) is 5.75 Å². The number of nitro groups is 1. The Morgan fingerprint density at radius 1 is 1.43 bits per heavy atom. The monoisotopic (exact) mass is 217 g/mol. The molecule has 14 heavy (non-hydrogen) atoms. The second-order valence-corrected chi connectivity index (χ2v) is 4.64. The smallest absolute Gasteiger partial charge is 0.329 e. The van der Waals surface area contributed by atoms with Crippen molar-refractivity contribution in [1.82, 2.24) is 0 Å².